The third-order valence-corrected chi connectivity index (χ3v) is 3.91. The molecule has 19 heavy (non-hydrogen) atoms. The largest absolute Gasteiger partial charge is 0.327 e. The van der Waals surface area contributed by atoms with Crippen molar-refractivity contribution in [2.24, 2.45) is 11.7 Å². The lowest BCUT2D eigenvalue weighted by atomic mass is 10.0. The molecular weight excluding hydrogens is 282 g/mol. The van der Waals surface area contributed by atoms with Crippen molar-refractivity contribution in [3.8, 4) is 0 Å². The number of rotatable bonds is 3. The number of aryl methyl sites for hydroxylation is 1. The van der Waals surface area contributed by atoms with Crippen molar-refractivity contribution >= 4 is 45.0 Å². The Morgan fingerprint density at radius 2 is 2.11 bits per heavy atom. The maximum absolute atomic E-state index is 11.9. The second kappa shape index (κ2) is 6.32. The van der Waals surface area contributed by atoms with E-state index in [0.717, 1.165) is 10.2 Å². The minimum atomic E-state index is -0.223. The van der Waals surface area contributed by atoms with E-state index in [9.17, 15) is 4.79 Å². The monoisotopic (exact) mass is 299 g/mol. The normalized spacial score (nSPS) is 13.7. The predicted octanol–water partition coefficient (Wildman–Crippen LogP) is 2.95. The summed E-state index contributed by atoms with van der Waals surface area (Å²) in [6.45, 7) is 5.68. The quantitative estimate of drug-likeness (QED) is 0.915. The Balaban J connectivity index is 0.00000180. The highest BCUT2D eigenvalue weighted by Gasteiger charge is 2.18. The van der Waals surface area contributed by atoms with Crippen molar-refractivity contribution in [3.05, 3.63) is 23.8 Å². The second-order valence-electron chi connectivity index (χ2n) is 4.63. The van der Waals surface area contributed by atoms with Crippen molar-refractivity contribution < 1.29 is 4.79 Å². The topological polar surface area (TPSA) is 68.0 Å². The van der Waals surface area contributed by atoms with E-state index in [1.54, 1.807) is 0 Å². The minimum absolute atomic E-state index is 0. The molecule has 2 unspecified atom stereocenters. The predicted molar refractivity (Wildman–Crippen MR) is 83.0 cm³/mol. The minimum Gasteiger partial charge on any atom is -0.327 e. The van der Waals surface area contributed by atoms with Gasteiger partial charge in [-0.2, -0.15) is 0 Å². The number of nitrogens with one attached hydrogen (secondary N) is 1. The summed E-state index contributed by atoms with van der Waals surface area (Å²) in [5.74, 6) is -0.306. The number of nitrogens with two attached hydrogens (primary N) is 1. The summed E-state index contributed by atoms with van der Waals surface area (Å²) in [6.07, 6.45) is 0. The van der Waals surface area contributed by atoms with Crippen molar-refractivity contribution in [2.75, 3.05) is 5.32 Å². The van der Waals surface area contributed by atoms with Crippen LogP contribution in [0.25, 0.3) is 10.2 Å². The lowest BCUT2D eigenvalue weighted by molar-refractivity contribution is -0.119. The van der Waals surface area contributed by atoms with Gasteiger partial charge >= 0.3 is 0 Å². The summed E-state index contributed by atoms with van der Waals surface area (Å²) in [5, 5.41) is 3.45. The summed E-state index contributed by atoms with van der Waals surface area (Å²) in [5.41, 5.74) is 7.81. The maximum Gasteiger partial charge on any atom is 0.230 e. The van der Waals surface area contributed by atoms with Gasteiger partial charge in [-0.15, -0.1) is 12.4 Å². The smallest absolute Gasteiger partial charge is 0.230 e. The molecular formula is C13H18ClN3OS. The van der Waals surface area contributed by atoms with Gasteiger partial charge in [0, 0.05) is 6.04 Å². The first kappa shape index (κ1) is 15.9. The molecule has 0 aliphatic rings. The molecule has 6 heteroatoms. The zero-order valence-electron chi connectivity index (χ0n) is 11.1. The molecule has 0 bridgehead atoms. The number of carbonyl (C=O) groups is 1. The van der Waals surface area contributed by atoms with Gasteiger partial charge in [0.2, 0.25) is 5.91 Å². The van der Waals surface area contributed by atoms with Gasteiger partial charge in [0.1, 0.15) is 0 Å². The third kappa shape index (κ3) is 3.65. The van der Waals surface area contributed by atoms with Crippen molar-refractivity contribution in [2.45, 2.75) is 26.8 Å². The maximum atomic E-state index is 11.9. The average molecular weight is 300 g/mol. The lowest BCUT2D eigenvalue weighted by Gasteiger charge is -2.13. The van der Waals surface area contributed by atoms with Crippen LogP contribution in [0, 0.1) is 12.8 Å². The Morgan fingerprint density at radius 3 is 2.74 bits per heavy atom. The fraction of sp³-hybridized carbons (Fsp3) is 0.385. The zero-order valence-corrected chi connectivity index (χ0v) is 12.8. The van der Waals surface area contributed by atoms with Gasteiger partial charge in [0.15, 0.2) is 5.13 Å². The van der Waals surface area contributed by atoms with Gasteiger partial charge < -0.3 is 11.1 Å². The van der Waals surface area contributed by atoms with E-state index in [-0.39, 0.29) is 30.3 Å². The molecule has 1 aromatic carbocycles. The molecule has 1 heterocycles. The fourth-order valence-electron chi connectivity index (χ4n) is 1.54. The first-order valence-corrected chi connectivity index (χ1v) is 6.72. The van der Waals surface area contributed by atoms with Crippen LogP contribution in [0.5, 0.6) is 0 Å². The molecule has 3 N–H and O–H groups in total. The number of hydrogen-bond acceptors (Lipinski definition) is 4. The highest BCUT2D eigenvalue weighted by Crippen LogP contribution is 2.27. The molecule has 0 saturated carbocycles. The van der Waals surface area contributed by atoms with Crippen molar-refractivity contribution in [1.29, 1.82) is 0 Å². The molecule has 0 spiro atoms. The van der Waals surface area contributed by atoms with Gasteiger partial charge in [0.05, 0.1) is 16.1 Å². The van der Waals surface area contributed by atoms with Crippen LogP contribution in [0.1, 0.15) is 19.4 Å². The van der Waals surface area contributed by atoms with E-state index in [4.69, 9.17) is 5.73 Å². The number of aromatic nitrogens is 1. The molecule has 4 nitrogen and oxygen atoms in total. The number of hydrogen-bond donors (Lipinski definition) is 2. The third-order valence-electron chi connectivity index (χ3n) is 2.98. The van der Waals surface area contributed by atoms with Crippen LogP contribution in [0.2, 0.25) is 0 Å². The highest BCUT2D eigenvalue weighted by atomic mass is 35.5. The number of carbonyl (C=O) groups excluding carboxylic acids is 1. The van der Waals surface area contributed by atoms with Crippen LogP contribution in [0.3, 0.4) is 0 Å². The molecule has 0 aliphatic heterocycles. The van der Waals surface area contributed by atoms with Gasteiger partial charge in [-0.25, -0.2) is 4.98 Å². The van der Waals surface area contributed by atoms with E-state index >= 15 is 0 Å². The molecule has 0 fully saturated rings. The molecule has 2 aromatic rings. The Morgan fingerprint density at radius 1 is 1.42 bits per heavy atom. The first-order chi connectivity index (χ1) is 8.47. The van der Waals surface area contributed by atoms with E-state index in [1.807, 2.05) is 32.9 Å². The molecule has 1 amide bonds. The van der Waals surface area contributed by atoms with Crippen molar-refractivity contribution in [1.82, 2.24) is 4.98 Å². The van der Waals surface area contributed by atoms with Crippen LogP contribution >= 0.6 is 23.7 Å². The Bertz CT molecular complexity index is 582. The number of halogens is 1. The molecule has 0 aliphatic carbocycles. The van der Waals surface area contributed by atoms with Crippen LogP contribution < -0.4 is 11.1 Å². The fourth-order valence-corrected chi connectivity index (χ4v) is 2.51. The van der Waals surface area contributed by atoms with Crippen molar-refractivity contribution in [3.63, 3.8) is 0 Å². The SMILES string of the molecule is Cc1ccc2nc(NC(=O)C(C)C(C)N)sc2c1.Cl. The Kier molecular flexibility index (Phi) is 5.29. The number of fused-ring (bicyclic) bond motifs is 1. The van der Waals surface area contributed by atoms with Gasteiger partial charge in [0.25, 0.3) is 0 Å². The van der Waals surface area contributed by atoms with Gasteiger partial charge in [-0.3, -0.25) is 4.79 Å². The summed E-state index contributed by atoms with van der Waals surface area (Å²) >= 11 is 1.49. The molecule has 2 atom stereocenters. The second-order valence-corrected chi connectivity index (χ2v) is 5.66. The Labute approximate surface area is 122 Å². The van der Waals surface area contributed by atoms with E-state index in [2.05, 4.69) is 16.4 Å². The van der Waals surface area contributed by atoms with Crippen LogP contribution in [0.15, 0.2) is 18.2 Å². The highest BCUT2D eigenvalue weighted by molar-refractivity contribution is 7.22. The molecule has 104 valence electrons. The standard InChI is InChI=1S/C13H17N3OS.ClH/c1-7-4-5-10-11(6-7)18-13(15-10)16-12(17)8(2)9(3)14;/h4-6,8-9H,14H2,1-3H3,(H,15,16,17);1H. The molecule has 1 aromatic heterocycles. The summed E-state index contributed by atoms with van der Waals surface area (Å²) in [6, 6.07) is 5.88. The first-order valence-electron chi connectivity index (χ1n) is 5.91. The number of anilines is 1. The molecule has 0 radical (unpaired) electrons. The van der Waals surface area contributed by atoms with Gasteiger partial charge in [-0.1, -0.05) is 24.3 Å². The number of benzene rings is 1. The van der Waals surface area contributed by atoms with Crippen LogP contribution in [-0.4, -0.2) is 16.9 Å². The summed E-state index contributed by atoms with van der Waals surface area (Å²) in [7, 11) is 0. The van der Waals surface area contributed by atoms with Crippen LogP contribution in [0.4, 0.5) is 5.13 Å². The number of thiazole rings is 1. The van der Waals surface area contributed by atoms with E-state index in [1.165, 1.54) is 16.9 Å². The molecule has 2 rings (SSSR count). The lowest BCUT2D eigenvalue weighted by Crippen LogP contribution is -2.34. The van der Waals surface area contributed by atoms with Crippen LogP contribution in [-0.2, 0) is 4.79 Å². The van der Waals surface area contributed by atoms with E-state index < -0.39 is 0 Å². The zero-order chi connectivity index (χ0) is 13.3. The van der Waals surface area contributed by atoms with E-state index in [0.29, 0.717) is 5.13 Å². The molecule has 0 saturated heterocycles. The summed E-state index contributed by atoms with van der Waals surface area (Å²) in [4.78, 5) is 16.3. The summed E-state index contributed by atoms with van der Waals surface area (Å²) < 4.78 is 1.08. The number of nitrogens with zero attached hydrogens (tertiary/aromatic N) is 1. The Hall–Kier alpha value is -1.17. The average Bonchev–Trinajstić information content (AvgIpc) is 2.68. The number of amides is 1. The van der Waals surface area contributed by atoms with Gasteiger partial charge in [-0.05, 0) is 31.5 Å².